The van der Waals surface area contributed by atoms with E-state index in [9.17, 15) is 14.7 Å². The lowest BCUT2D eigenvalue weighted by atomic mass is 10.0. The van der Waals surface area contributed by atoms with Crippen molar-refractivity contribution in [2.75, 3.05) is 23.4 Å². The van der Waals surface area contributed by atoms with E-state index in [0.717, 1.165) is 19.5 Å². The van der Waals surface area contributed by atoms with Gasteiger partial charge >= 0.3 is 6.03 Å². The minimum absolute atomic E-state index is 0.205. The molecule has 2 aliphatic heterocycles. The highest BCUT2D eigenvalue weighted by molar-refractivity contribution is 5.94. The van der Waals surface area contributed by atoms with Crippen molar-refractivity contribution in [1.29, 1.82) is 0 Å². The second-order valence-corrected chi connectivity index (χ2v) is 9.45. The second kappa shape index (κ2) is 10.9. The third kappa shape index (κ3) is 6.07. The summed E-state index contributed by atoms with van der Waals surface area (Å²) >= 11 is 0. The van der Waals surface area contributed by atoms with Gasteiger partial charge in [0.25, 0.3) is 0 Å². The average molecular weight is 467 g/mol. The minimum atomic E-state index is -1.01. The Morgan fingerprint density at radius 1 is 1.18 bits per heavy atom. The molecule has 34 heavy (non-hydrogen) atoms. The SMILES string of the molecule is CC(C)C[C@H](NC(=O)Nc1ccc2c(c1)CCN2Cc1ccccc1)C(=O)N[C@H]1CCOC1O. The number of benzene rings is 2. The molecule has 1 fully saturated rings. The summed E-state index contributed by atoms with van der Waals surface area (Å²) in [5.41, 5.74) is 4.34. The summed E-state index contributed by atoms with van der Waals surface area (Å²) in [7, 11) is 0. The minimum Gasteiger partial charge on any atom is -0.367 e. The molecule has 2 aliphatic rings. The average Bonchev–Trinajstić information content (AvgIpc) is 3.39. The van der Waals surface area contributed by atoms with Gasteiger partial charge in [0.2, 0.25) is 5.91 Å². The highest BCUT2D eigenvalue weighted by atomic mass is 16.6. The fourth-order valence-electron chi connectivity index (χ4n) is 4.55. The molecule has 4 rings (SSSR count). The summed E-state index contributed by atoms with van der Waals surface area (Å²) in [5.74, 6) is -0.111. The van der Waals surface area contributed by atoms with Crippen molar-refractivity contribution >= 4 is 23.3 Å². The Hall–Kier alpha value is -3.10. The van der Waals surface area contributed by atoms with Crippen LogP contribution in [-0.2, 0) is 22.5 Å². The first-order valence-corrected chi connectivity index (χ1v) is 12.0. The lowest BCUT2D eigenvalue weighted by Gasteiger charge is -2.23. The van der Waals surface area contributed by atoms with Crippen molar-refractivity contribution in [3.63, 3.8) is 0 Å². The number of ether oxygens (including phenoxy) is 1. The van der Waals surface area contributed by atoms with E-state index in [1.807, 2.05) is 38.1 Å². The predicted molar refractivity (Wildman–Crippen MR) is 132 cm³/mol. The maximum Gasteiger partial charge on any atom is 0.319 e. The molecule has 0 bridgehead atoms. The quantitative estimate of drug-likeness (QED) is 0.479. The van der Waals surface area contributed by atoms with Gasteiger partial charge in [-0.05, 0) is 54.5 Å². The number of rotatable bonds is 8. The number of hydrogen-bond donors (Lipinski definition) is 4. The Kier molecular flexibility index (Phi) is 7.70. The predicted octanol–water partition coefficient (Wildman–Crippen LogP) is 3.01. The van der Waals surface area contributed by atoms with Gasteiger partial charge in [-0.25, -0.2) is 4.79 Å². The number of amides is 3. The largest absolute Gasteiger partial charge is 0.367 e. The van der Waals surface area contributed by atoms with Gasteiger partial charge in [0.05, 0.1) is 12.6 Å². The normalized spacial score (nSPS) is 20.2. The zero-order valence-corrected chi connectivity index (χ0v) is 19.8. The number of urea groups is 1. The van der Waals surface area contributed by atoms with Gasteiger partial charge in [0, 0.05) is 24.5 Å². The van der Waals surface area contributed by atoms with E-state index in [1.165, 1.54) is 16.8 Å². The van der Waals surface area contributed by atoms with Gasteiger partial charge in [-0.2, -0.15) is 0 Å². The maximum atomic E-state index is 12.8. The van der Waals surface area contributed by atoms with Crippen LogP contribution in [0.1, 0.15) is 37.8 Å². The van der Waals surface area contributed by atoms with Crippen LogP contribution < -0.4 is 20.9 Å². The van der Waals surface area contributed by atoms with E-state index >= 15 is 0 Å². The van der Waals surface area contributed by atoms with Gasteiger partial charge in [-0.1, -0.05) is 44.2 Å². The summed E-state index contributed by atoms with van der Waals surface area (Å²) in [6.07, 6.45) is 0.944. The number of carbonyl (C=O) groups is 2. The Labute approximate surface area is 200 Å². The number of hydrogen-bond acceptors (Lipinski definition) is 5. The Morgan fingerprint density at radius 2 is 1.97 bits per heavy atom. The number of aliphatic hydroxyl groups is 1. The zero-order chi connectivity index (χ0) is 24.1. The summed E-state index contributed by atoms with van der Waals surface area (Å²) in [6.45, 7) is 6.18. The molecule has 182 valence electrons. The Balaban J connectivity index is 1.36. The molecule has 1 unspecified atom stereocenters. The molecule has 3 amide bonds. The fraction of sp³-hybridized carbons (Fsp3) is 0.462. The molecule has 1 saturated heterocycles. The smallest absolute Gasteiger partial charge is 0.319 e. The lowest BCUT2D eigenvalue weighted by Crippen LogP contribution is -2.52. The monoisotopic (exact) mass is 466 g/mol. The first-order valence-electron chi connectivity index (χ1n) is 12.0. The van der Waals surface area contributed by atoms with Crippen molar-refractivity contribution in [3.05, 3.63) is 59.7 Å². The van der Waals surface area contributed by atoms with E-state index in [0.29, 0.717) is 25.1 Å². The van der Waals surface area contributed by atoms with Crippen LogP contribution >= 0.6 is 0 Å². The van der Waals surface area contributed by atoms with Crippen LogP contribution in [0.15, 0.2) is 48.5 Å². The van der Waals surface area contributed by atoms with E-state index in [1.54, 1.807) is 0 Å². The van der Waals surface area contributed by atoms with Crippen molar-refractivity contribution in [2.45, 2.75) is 58.0 Å². The molecule has 0 aromatic heterocycles. The summed E-state index contributed by atoms with van der Waals surface area (Å²) < 4.78 is 5.10. The molecule has 0 radical (unpaired) electrons. The van der Waals surface area contributed by atoms with Crippen molar-refractivity contribution < 1.29 is 19.4 Å². The number of anilines is 2. The van der Waals surface area contributed by atoms with Gasteiger partial charge in [-0.3, -0.25) is 4.79 Å². The summed E-state index contributed by atoms with van der Waals surface area (Å²) in [6, 6.07) is 14.7. The molecule has 0 aliphatic carbocycles. The van der Waals surface area contributed by atoms with Gasteiger partial charge in [-0.15, -0.1) is 0 Å². The molecular weight excluding hydrogens is 432 g/mol. The van der Waals surface area contributed by atoms with E-state index in [-0.39, 0.29) is 11.8 Å². The van der Waals surface area contributed by atoms with Gasteiger partial charge < -0.3 is 30.7 Å². The van der Waals surface area contributed by atoms with Crippen molar-refractivity contribution in [3.8, 4) is 0 Å². The Morgan fingerprint density at radius 3 is 2.68 bits per heavy atom. The van der Waals surface area contributed by atoms with Crippen LogP contribution in [0.4, 0.5) is 16.2 Å². The highest BCUT2D eigenvalue weighted by Crippen LogP contribution is 2.31. The molecule has 2 heterocycles. The number of fused-ring (bicyclic) bond motifs is 1. The lowest BCUT2D eigenvalue weighted by molar-refractivity contribution is -0.127. The summed E-state index contributed by atoms with van der Waals surface area (Å²) in [4.78, 5) is 27.9. The molecular formula is C26H34N4O4. The third-order valence-electron chi connectivity index (χ3n) is 6.26. The van der Waals surface area contributed by atoms with Crippen LogP contribution in [0, 0.1) is 5.92 Å². The fourth-order valence-corrected chi connectivity index (χ4v) is 4.55. The van der Waals surface area contributed by atoms with Crippen LogP contribution in [0.25, 0.3) is 0 Å². The van der Waals surface area contributed by atoms with Crippen LogP contribution in [0.2, 0.25) is 0 Å². The molecule has 8 nitrogen and oxygen atoms in total. The first-order chi connectivity index (χ1) is 16.4. The number of aliphatic hydroxyl groups excluding tert-OH is 1. The van der Waals surface area contributed by atoms with Crippen LogP contribution in [0.5, 0.6) is 0 Å². The topological polar surface area (TPSA) is 103 Å². The van der Waals surface area contributed by atoms with E-state index in [2.05, 4.69) is 45.1 Å². The van der Waals surface area contributed by atoms with E-state index in [4.69, 9.17) is 4.74 Å². The number of nitrogens with zero attached hydrogens (tertiary/aromatic N) is 1. The number of nitrogens with one attached hydrogen (secondary N) is 3. The molecule has 8 heteroatoms. The highest BCUT2D eigenvalue weighted by Gasteiger charge is 2.31. The molecule has 2 aromatic carbocycles. The third-order valence-corrected chi connectivity index (χ3v) is 6.26. The van der Waals surface area contributed by atoms with E-state index < -0.39 is 24.4 Å². The Bertz CT molecular complexity index is 998. The van der Waals surface area contributed by atoms with Gasteiger partial charge in [0.15, 0.2) is 6.29 Å². The van der Waals surface area contributed by atoms with Crippen LogP contribution in [0.3, 0.4) is 0 Å². The number of carbonyl (C=O) groups excluding carboxylic acids is 2. The second-order valence-electron chi connectivity index (χ2n) is 9.45. The molecule has 4 N–H and O–H groups in total. The van der Waals surface area contributed by atoms with Crippen molar-refractivity contribution in [1.82, 2.24) is 10.6 Å². The molecule has 0 spiro atoms. The standard InChI is InChI=1S/C26H34N4O4/c1-17(2)14-22(24(31)28-21-11-13-34-25(21)32)29-26(33)27-20-8-9-23-19(15-20)10-12-30(23)16-18-6-4-3-5-7-18/h3-9,15,17,21-22,25,32H,10-14,16H2,1-2H3,(H,28,31)(H2,27,29,33)/t21-,22-,25?/m0/s1. The van der Waals surface area contributed by atoms with Gasteiger partial charge in [0.1, 0.15) is 6.04 Å². The summed E-state index contributed by atoms with van der Waals surface area (Å²) in [5, 5.41) is 18.3. The molecule has 2 aromatic rings. The van der Waals surface area contributed by atoms with Crippen LogP contribution in [-0.4, -0.2) is 48.6 Å². The molecule has 0 saturated carbocycles. The first kappa shape index (κ1) is 24.0. The zero-order valence-electron chi connectivity index (χ0n) is 19.8. The van der Waals surface area contributed by atoms with Crippen molar-refractivity contribution in [2.24, 2.45) is 5.92 Å². The molecule has 3 atom stereocenters. The maximum absolute atomic E-state index is 12.8.